The molecule has 0 bridgehead atoms. The van der Waals surface area contributed by atoms with Crippen molar-refractivity contribution < 1.29 is 13.3 Å². The van der Waals surface area contributed by atoms with Crippen LogP contribution in [0.4, 0.5) is 0 Å². The van der Waals surface area contributed by atoms with Crippen LogP contribution in [0, 0.1) is 0 Å². The van der Waals surface area contributed by atoms with Gasteiger partial charge in [-0.3, -0.25) is 0 Å². The lowest BCUT2D eigenvalue weighted by Gasteiger charge is -2.27. The predicted molar refractivity (Wildman–Crippen MR) is 75.4 cm³/mol. The molecular formula is C14H24O3Si. The van der Waals surface area contributed by atoms with Gasteiger partial charge in [0.25, 0.3) is 0 Å². The van der Waals surface area contributed by atoms with E-state index in [0.717, 1.165) is 18.9 Å². The second-order valence-corrected chi connectivity index (χ2v) is 6.89. The zero-order chi connectivity index (χ0) is 13.3. The lowest BCUT2D eigenvalue weighted by Crippen LogP contribution is -2.48. The van der Waals surface area contributed by atoms with Crippen molar-refractivity contribution in [3.63, 3.8) is 0 Å². The highest BCUT2D eigenvalue weighted by Crippen LogP contribution is 2.16. The molecule has 0 amide bonds. The maximum atomic E-state index is 5.96. The van der Waals surface area contributed by atoms with Crippen LogP contribution in [0.1, 0.15) is 32.3 Å². The van der Waals surface area contributed by atoms with Gasteiger partial charge in [0.05, 0.1) is 0 Å². The smallest absolute Gasteiger partial charge is 0.377 e. The van der Waals surface area contributed by atoms with E-state index in [2.05, 4.69) is 19.1 Å². The third-order valence-electron chi connectivity index (χ3n) is 2.76. The van der Waals surface area contributed by atoms with Crippen LogP contribution in [0.2, 0.25) is 0 Å². The first-order valence-corrected chi connectivity index (χ1v) is 8.56. The van der Waals surface area contributed by atoms with Crippen LogP contribution in [-0.2, 0) is 19.3 Å². The summed E-state index contributed by atoms with van der Waals surface area (Å²) in [6.07, 6.45) is 2.16. The quantitative estimate of drug-likeness (QED) is 0.508. The van der Waals surface area contributed by atoms with E-state index in [1.54, 1.807) is 7.11 Å². The third kappa shape index (κ3) is 4.90. The van der Waals surface area contributed by atoms with Gasteiger partial charge >= 0.3 is 8.80 Å². The number of benzene rings is 1. The molecule has 0 aliphatic heterocycles. The van der Waals surface area contributed by atoms with Crippen molar-refractivity contribution in [1.82, 2.24) is 0 Å². The number of rotatable bonds is 9. The Bertz CT molecular complexity index is 318. The van der Waals surface area contributed by atoms with Gasteiger partial charge in [-0.2, -0.15) is 0 Å². The van der Waals surface area contributed by atoms with Gasteiger partial charge in [-0.1, -0.05) is 43.7 Å². The fourth-order valence-electron chi connectivity index (χ4n) is 1.77. The molecule has 18 heavy (non-hydrogen) atoms. The summed E-state index contributed by atoms with van der Waals surface area (Å²) in [5.74, 6) is 0. The highest BCUT2D eigenvalue weighted by molar-refractivity contribution is 6.60. The molecule has 0 saturated heterocycles. The minimum Gasteiger partial charge on any atom is -0.377 e. The topological polar surface area (TPSA) is 27.7 Å². The molecule has 1 rings (SSSR count). The Balaban J connectivity index is 2.69. The van der Waals surface area contributed by atoms with Crippen LogP contribution >= 0.6 is 0 Å². The lowest BCUT2D eigenvalue weighted by atomic mass is 10.2. The number of hydrogen-bond acceptors (Lipinski definition) is 3. The Hall–Kier alpha value is -0.683. The molecule has 1 aromatic rings. The van der Waals surface area contributed by atoms with Crippen LogP contribution in [0.25, 0.3) is 0 Å². The van der Waals surface area contributed by atoms with Crippen LogP contribution in [0.5, 0.6) is 0 Å². The second kappa shape index (κ2) is 8.42. The summed E-state index contributed by atoms with van der Waals surface area (Å²) in [5, 5.41) is 0. The van der Waals surface area contributed by atoms with Gasteiger partial charge in [-0.05, 0) is 18.9 Å². The average Bonchev–Trinajstić information content (AvgIpc) is 2.40. The SMILES string of the molecule is CCCCO[Si](Cc1ccccc1)(OC)OCC. The average molecular weight is 268 g/mol. The first-order chi connectivity index (χ1) is 8.76. The van der Waals surface area contributed by atoms with Crippen molar-refractivity contribution >= 4 is 8.80 Å². The fourth-order valence-corrected chi connectivity index (χ4v) is 4.07. The third-order valence-corrected chi connectivity index (χ3v) is 5.59. The molecule has 1 unspecified atom stereocenters. The Kier molecular flexibility index (Phi) is 7.20. The Labute approximate surface area is 111 Å². The van der Waals surface area contributed by atoms with Gasteiger partial charge in [-0.15, -0.1) is 0 Å². The Morgan fingerprint density at radius 3 is 2.33 bits per heavy atom. The molecule has 0 N–H and O–H groups in total. The second-order valence-electron chi connectivity index (χ2n) is 4.18. The summed E-state index contributed by atoms with van der Waals surface area (Å²) in [4.78, 5) is 0. The minimum atomic E-state index is -2.55. The zero-order valence-electron chi connectivity index (χ0n) is 11.6. The molecule has 0 radical (unpaired) electrons. The van der Waals surface area contributed by atoms with Crippen molar-refractivity contribution in [2.75, 3.05) is 20.3 Å². The highest BCUT2D eigenvalue weighted by atomic mass is 28.4. The fraction of sp³-hybridized carbons (Fsp3) is 0.571. The molecule has 0 saturated carbocycles. The van der Waals surface area contributed by atoms with Gasteiger partial charge in [-0.25, -0.2) is 0 Å². The van der Waals surface area contributed by atoms with E-state index in [9.17, 15) is 0 Å². The molecule has 1 aromatic carbocycles. The molecule has 0 heterocycles. The monoisotopic (exact) mass is 268 g/mol. The Morgan fingerprint density at radius 2 is 1.78 bits per heavy atom. The summed E-state index contributed by atoms with van der Waals surface area (Å²) in [6.45, 7) is 5.47. The standard InChI is InChI=1S/C14H24O3Si/c1-4-6-12-17-18(15-3,16-5-2)13-14-10-8-7-9-11-14/h7-11H,4-6,12-13H2,1-3H3. The summed E-state index contributed by atoms with van der Waals surface area (Å²) in [5.41, 5.74) is 1.20. The lowest BCUT2D eigenvalue weighted by molar-refractivity contribution is 0.0798. The molecule has 0 fully saturated rings. The summed E-state index contributed by atoms with van der Waals surface area (Å²) in [7, 11) is -0.856. The number of unbranched alkanes of at least 4 members (excludes halogenated alkanes) is 1. The van der Waals surface area contributed by atoms with Gasteiger partial charge in [0, 0.05) is 26.4 Å². The highest BCUT2D eigenvalue weighted by Gasteiger charge is 2.39. The van der Waals surface area contributed by atoms with Gasteiger partial charge in [0.2, 0.25) is 0 Å². The first kappa shape index (κ1) is 15.4. The van der Waals surface area contributed by atoms with Crippen molar-refractivity contribution in [2.24, 2.45) is 0 Å². The molecule has 1 atom stereocenters. The predicted octanol–water partition coefficient (Wildman–Crippen LogP) is 3.21. The van der Waals surface area contributed by atoms with E-state index in [1.807, 2.05) is 25.1 Å². The largest absolute Gasteiger partial charge is 0.505 e. The van der Waals surface area contributed by atoms with Crippen LogP contribution < -0.4 is 0 Å². The molecule has 0 aliphatic rings. The van der Waals surface area contributed by atoms with E-state index in [4.69, 9.17) is 13.3 Å². The van der Waals surface area contributed by atoms with Crippen molar-refractivity contribution in [3.8, 4) is 0 Å². The van der Waals surface area contributed by atoms with E-state index < -0.39 is 8.80 Å². The van der Waals surface area contributed by atoms with E-state index in [0.29, 0.717) is 13.2 Å². The van der Waals surface area contributed by atoms with Gasteiger partial charge < -0.3 is 13.3 Å². The maximum Gasteiger partial charge on any atom is 0.505 e. The van der Waals surface area contributed by atoms with E-state index >= 15 is 0 Å². The van der Waals surface area contributed by atoms with E-state index in [1.165, 1.54) is 5.56 Å². The van der Waals surface area contributed by atoms with Crippen molar-refractivity contribution in [3.05, 3.63) is 35.9 Å². The molecule has 0 spiro atoms. The number of hydrogen-bond donors (Lipinski definition) is 0. The van der Waals surface area contributed by atoms with Gasteiger partial charge in [0.15, 0.2) is 0 Å². The molecule has 0 aromatic heterocycles. The zero-order valence-corrected chi connectivity index (χ0v) is 12.6. The summed E-state index contributed by atoms with van der Waals surface area (Å²) in [6, 6.07) is 11.0. The minimum absolute atomic E-state index is 0.624. The van der Waals surface area contributed by atoms with Crippen molar-refractivity contribution in [1.29, 1.82) is 0 Å². The van der Waals surface area contributed by atoms with Crippen LogP contribution in [0.3, 0.4) is 0 Å². The molecule has 102 valence electrons. The molecule has 4 heteroatoms. The molecule has 3 nitrogen and oxygen atoms in total. The van der Waals surface area contributed by atoms with E-state index in [-0.39, 0.29) is 0 Å². The normalized spacial score (nSPS) is 14.4. The van der Waals surface area contributed by atoms with Crippen molar-refractivity contribution in [2.45, 2.75) is 32.7 Å². The Morgan fingerprint density at radius 1 is 1.06 bits per heavy atom. The van der Waals surface area contributed by atoms with Crippen LogP contribution in [-0.4, -0.2) is 29.1 Å². The van der Waals surface area contributed by atoms with Crippen LogP contribution in [0.15, 0.2) is 30.3 Å². The molecule has 0 aliphatic carbocycles. The first-order valence-electron chi connectivity index (χ1n) is 6.63. The maximum absolute atomic E-state index is 5.96. The molecular weight excluding hydrogens is 244 g/mol. The summed E-state index contributed by atoms with van der Waals surface area (Å²) < 4.78 is 17.4. The summed E-state index contributed by atoms with van der Waals surface area (Å²) >= 11 is 0. The van der Waals surface area contributed by atoms with Gasteiger partial charge in [0.1, 0.15) is 0 Å².